The number of nitrogens with zero attached hydrogens (tertiary/aromatic N) is 3. The molecular weight excluding hydrogens is 423 g/mol. The lowest BCUT2D eigenvalue weighted by Crippen LogP contribution is -2.29. The van der Waals surface area contributed by atoms with Gasteiger partial charge in [-0.25, -0.2) is 13.5 Å². The van der Waals surface area contributed by atoms with E-state index in [9.17, 15) is 32.0 Å². The Hall–Kier alpha value is -3.94. The van der Waals surface area contributed by atoms with Gasteiger partial charge >= 0.3 is 6.18 Å². The van der Waals surface area contributed by atoms with Gasteiger partial charge in [0.05, 0.1) is 30.6 Å². The molecule has 1 atom stereocenters. The third-order valence-electron chi connectivity index (χ3n) is 4.23. The smallest absolute Gasteiger partial charge is 0.416 e. The van der Waals surface area contributed by atoms with Crippen LogP contribution in [0, 0.1) is 23.0 Å². The zero-order valence-corrected chi connectivity index (χ0v) is 15.7. The summed E-state index contributed by atoms with van der Waals surface area (Å²) in [5.41, 5.74) is -1.52. The fourth-order valence-electron chi connectivity index (χ4n) is 2.74. The summed E-state index contributed by atoms with van der Waals surface area (Å²) in [5, 5.41) is 15.5. The fraction of sp³-hybridized carbons (Fsp3) is 0.150. The molecule has 1 heterocycles. The van der Waals surface area contributed by atoms with Gasteiger partial charge in [0.2, 0.25) is 0 Å². The number of benzene rings is 2. The van der Waals surface area contributed by atoms with E-state index in [4.69, 9.17) is 4.74 Å². The lowest BCUT2D eigenvalue weighted by molar-refractivity contribution is -0.137. The van der Waals surface area contributed by atoms with Crippen molar-refractivity contribution in [2.75, 3.05) is 7.11 Å². The number of methoxy groups -OCH3 is 1. The Bertz CT molecular complexity index is 1170. The van der Waals surface area contributed by atoms with Crippen molar-refractivity contribution in [1.29, 1.82) is 5.26 Å². The number of carbonyl (C=O) groups is 1. The molecule has 0 aliphatic heterocycles. The Morgan fingerprint density at radius 3 is 2.58 bits per heavy atom. The number of hydrogen-bond acceptors (Lipinski definition) is 4. The van der Waals surface area contributed by atoms with Crippen LogP contribution in [0.3, 0.4) is 0 Å². The maximum Gasteiger partial charge on any atom is 0.416 e. The molecule has 1 N–H and O–H groups in total. The second-order valence-electron chi connectivity index (χ2n) is 6.24. The average molecular weight is 436 g/mol. The van der Waals surface area contributed by atoms with Gasteiger partial charge in [-0.2, -0.15) is 23.5 Å². The minimum absolute atomic E-state index is 0.00795. The number of carbonyl (C=O) groups excluding carboxylic acids is 1. The molecule has 0 aliphatic rings. The van der Waals surface area contributed by atoms with Gasteiger partial charge in [0.15, 0.2) is 11.4 Å². The molecule has 0 spiro atoms. The van der Waals surface area contributed by atoms with Crippen LogP contribution in [0.1, 0.15) is 27.7 Å². The van der Waals surface area contributed by atoms with E-state index in [0.717, 1.165) is 28.9 Å². The monoisotopic (exact) mass is 436 g/mol. The fourth-order valence-corrected chi connectivity index (χ4v) is 2.74. The van der Waals surface area contributed by atoms with Gasteiger partial charge < -0.3 is 10.1 Å². The van der Waals surface area contributed by atoms with Gasteiger partial charge in [-0.15, -0.1) is 0 Å². The van der Waals surface area contributed by atoms with Crippen LogP contribution in [0.15, 0.2) is 48.7 Å². The summed E-state index contributed by atoms with van der Waals surface area (Å²) in [5.74, 6) is -2.93. The van der Waals surface area contributed by atoms with Gasteiger partial charge in [-0.05, 0) is 24.3 Å². The van der Waals surface area contributed by atoms with Crippen LogP contribution in [-0.2, 0) is 6.18 Å². The van der Waals surface area contributed by atoms with Crippen LogP contribution in [0.4, 0.5) is 22.0 Å². The van der Waals surface area contributed by atoms with Crippen LogP contribution < -0.4 is 10.1 Å². The van der Waals surface area contributed by atoms with Crippen LogP contribution >= 0.6 is 0 Å². The standard InChI is InChI=1S/C20H13F5N4O2/c1-31-17-10-29(13-4-2-3-11(7-13)20(23,24)25)28-18(17)19(30)27-16(9-26)14-6-5-12(21)8-15(14)22/h2-8,10,16H,1H3,(H,27,30). The van der Waals surface area contributed by atoms with Crippen molar-refractivity contribution in [2.24, 2.45) is 0 Å². The molecular formula is C20H13F5N4O2. The summed E-state index contributed by atoms with van der Waals surface area (Å²) >= 11 is 0. The van der Waals surface area contributed by atoms with Crippen molar-refractivity contribution in [2.45, 2.75) is 12.2 Å². The molecule has 3 aromatic rings. The molecule has 0 bridgehead atoms. The van der Waals surface area contributed by atoms with E-state index >= 15 is 0 Å². The lowest BCUT2D eigenvalue weighted by atomic mass is 10.1. The van der Waals surface area contributed by atoms with Crippen molar-refractivity contribution in [3.8, 4) is 17.5 Å². The number of halogens is 5. The first-order valence-electron chi connectivity index (χ1n) is 8.60. The zero-order chi connectivity index (χ0) is 22.8. The van der Waals surface area contributed by atoms with Gasteiger partial charge in [-0.1, -0.05) is 12.1 Å². The van der Waals surface area contributed by atoms with Crippen molar-refractivity contribution < 1.29 is 31.5 Å². The molecule has 0 radical (unpaired) electrons. The largest absolute Gasteiger partial charge is 0.493 e. The molecule has 0 saturated heterocycles. The summed E-state index contributed by atoms with van der Waals surface area (Å²) in [6.45, 7) is 0. The van der Waals surface area contributed by atoms with Gasteiger partial charge in [0.25, 0.3) is 5.91 Å². The molecule has 3 rings (SSSR count). The molecule has 11 heteroatoms. The molecule has 31 heavy (non-hydrogen) atoms. The number of nitrogens with one attached hydrogen (secondary N) is 1. The molecule has 1 amide bonds. The van der Waals surface area contributed by atoms with Crippen molar-refractivity contribution in [3.05, 3.63) is 77.1 Å². The predicted molar refractivity (Wildman–Crippen MR) is 97.3 cm³/mol. The summed E-state index contributed by atoms with van der Waals surface area (Å²) < 4.78 is 72.0. The summed E-state index contributed by atoms with van der Waals surface area (Å²) in [6, 6.07) is 6.95. The second kappa shape index (κ2) is 8.43. The molecule has 1 aromatic heterocycles. The predicted octanol–water partition coefficient (Wildman–Crippen LogP) is 4.17. The Morgan fingerprint density at radius 2 is 1.97 bits per heavy atom. The minimum atomic E-state index is -4.58. The number of aromatic nitrogens is 2. The minimum Gasteiger partial charge on any atom is -0.493 e. The molecule has 2 aromatic carbocycles. The second-order valence-corrected chi connectivity index (χ2v) is 6.24. The Balaban J connectivity index is 1.92. The van der Waals surface area contributed by atoms with Gasteiger partial charge in [-0.3, -0.25) is 4.79 Å². The molecule has 1 unspecified atom stereocenters. The Labute approximate surface area is 172 Å². The maximum atomic E-state index is 14.0. The van der Waals surface area contributed by atoms with Crippen molar-refractivity contribution in [1.82, 2.24) is 15.1 Å². The number of amides is 1. The van der Waals surface area contributed by atoms with Gasteiger partial charge in [0.1, 0.15) is 17.7 Å². The Morgan fingerprint density at radius 1 is 1.23 bits per heavy atom. The molecule has 0 saturated carbocycles. The number of hydrogen-bond donors (Lipinski definition) is 1. The third-order valence-corrected chi connectivity index (χ3v) is 4.23. The maximum absolute atomic E-state index is 14.0. The van der Waals surface area contributed by atoms with E-state index in [0.29, 0.717) is 6.07 Å². The number of ether oxygens (including phenoxy) is 1. The third kappa shape index (κ3) is 4.63. The Kier molecular flexibility index (Phi) is 5.92. The average Bonchev–Trinajstić information content (AvgIpc) is 3.16. The summed E-state index contributed by atoms with van der Waals surface area (Å²) in [4.78, 5) is 12.6. The van der Waals surface area contributed by atoms with Gasteiger partial charge in [0, 0.05) is 11.6 Å². The van der Waals surface area contributed by atoms with E-state index < -0.39 is 35.3 Å². The number of alkyl halides is 3. The van der Waals surface area contributed by atoms with E-state index in [1.807, 2.05) is 0 Å². The van der Waals surface area contributed by atoms with Crippen LogP contribution in [-0.4, -0.2) is 22.8 Å². The van der Waals surface area contributed by atoms with E-state index in [-0.39, 0.29) is 22.7 Å². The summed E-state index contributed by atoms with van der Waals surface area (Å²) in [7, 11) is 1.21. The highest BCUT2D eigenvalue weighted by atomic mass is 19.4. The van der Waals surface area contributed by atoms with E-state index in [1.54, 1.807) is 6.07 Å². The molecule has 6 nitrogen and oxygen atoms in total. The van der Waals surface area contributed by atoms with Crippen LogP contribution in [0.25, 0.3) is 5.69 Å². The zero-order valence-electron chi connectivity index (χ0n) is 15.7. The van der Waals surface area contributed by atoms with Crippen molar-refractivity contribution >= 4 is 5.91 Å². The first-order chi connectivity index (χ1) is 14.6. The first-order valence-corrected chi connectivity index (χ1v) is 8.60. The lowest BCUT2D eigenvalue weighted by Gasteiger charge is -2.12. The summed E-state index contributed by atoms with van der Waals surface area (Å²) in [6.07, 6.45) is -3.39. The highest BCUT2D eigenvalue weighted by Gasteiger charge is 2.31. The molecule has 0 aliphatic carbocycles. The molecule has 160 valence electrons. The van der Waals surface area contributed by atoms with Crippen molar-refractivity contribution in [3.63, 3.8) is 0 Å². The highest BCUT2D eigenvalue weighted by Crippen LogP contribution is 2.31. The normalized spacial score (nSPS) is 12.2. The SMILES string of the molecule is COc1cn(-c2cccc(C(F)(F)F)c2)nc1C(=O)NC(C#N)c1ccc(F)cc1F. The number of nitriles is 1. The number of rotatable bonds is 5. The highest BCUT2D eigenvalue weighted by molar-refractivity contribution is 5.95. The topological polar surface area (TPSA) is 79.9 Å². The van der Waals surface area contributed by atoms with Crippen LogP contribution in [0.5, 0.6) is 5.75 Å². The quantitative estimate of drug-likeness (QED) is 0.609. The first kappa shape index (κ1) is 21.8. The van der Waals surface area contributed by atoms with E-state index in [2.05, 4.69) is 10.4 Å². The van der Waals surface area contributed by atoms with E-state index in [1.165, 1.54) is 25.4 Å². The van der Waals surface area contributed by atoms with Crippen LogP contribution in [0.2, 0.25) is 0 Å². The molecule has 0 fully saturated rings.